The minimum Gasteiger partial charge on any atom is -0.397 e. The molecule has 3 heterocycles. The van der Waals surface area contributed by atoms with Crippen LogP contribution < -0.4 is 27.1 Å². The zero-order valence-electron chi connectivity index (χ0n) is 15.6. The first-order valence-electron chi connectivity index (χ1n) is 8.48. The maximum Gasteiger partial charge on any atom is 0.435 e. The summed E-state index contributed by atoms with van der Waals surface area (Å²) >= 11 is 13.0. The fourth-order valence-corrected chi connectivity index (χ4v) is 4.53. The first-order valence-corrected chi connectivity index (χ1v) is 10.1. The smallest absolute Gasteiger partial charge is 0.397 e. The molecule has 1 aromatic carbocycles. The zero-order chi connectivity index (χ0) is 22.4. The van der Waals surface area contributed by atoms with Gasteiger partial charge >= 0.3 is 11.3 Å². The Kier molecular flexibility index (Phi) is 5.06. The number of aromatic nitrogens is 3. The van der Waals surface area contributed by atoms with E-state index in [0.29, 0.717) is 10.7 Å². The number of rotatable bonds is 3. The molecule has 0 aliphatic rings. The second-order valence-corrected chi connectivity index (χ2v) is 8.19. The molecule has 0 bridgehead atoms. The molecular weight excluding hydrogens is 465 g/mol. The fourth-order valence-electron chi connectivity index (χ4n) is 3.07. The average Bonchev–Trinajstić information content (AvgIpc) is 3.22. The lowest BCUT2D eigenvalue weighted by molar-refractivity contribution is -0.730. The van der Waals surface area contributed by atoms with Crippen molar-refractivity contribution in [3.05, 3.63) is 49.1 Å². The lowest BCUT2D eigenvalue weighted by Gasteiger charge is -2.07. The average molecular weight is 477 g/mol. The Morgan fingerprint density at radius 1 is 1.39 bits per heavy atom. The van der Waals surface area contributed by atoms with Crippen LogP contribution in [0.4, 0.5) is 17.2 Å². The van der Waals surface area contributed by atoms with E-state index < -0.39 is 11.5 Å². The summed E-state index contributed by atoms with van der Waals surface area (Å²) in [4.78, 5) is 29.8. The summed E-state index contributed by atoms with van der Waals surface area (Å²) in [7, 11) is 1.52. The van der Waals surface area contributed by atoms with Crippen molar-refractivity contribution in [3.8, 4) is 17.3 Å². The van der Waals surface area contributed by atoms with Crippen molar-refractivity contribution in [1.82, 2.24) is 10.3 Å². The van der Waals surface area contributed by atoms with E-state index in [2.05, 4.69) is 15.6 Å². The van der Waals surface area contributed by atoms with Gasteiger partial charge in [0.25, 0.3) is 5.91 Å². The number of anilines is 3. The quantitative estimate of drug-likeness (QED) is 0.329. The summed E-state index contributed by atoms with van der Waals surface area (Å²) in [5.74, 6) is -0.669. The SMILES string of the molecule is C[n+]1[nH]oc(=O)c1-c1c(C#N)c(N)nc2sc(C(=O)Nc3ccc(Cl)cc3Cl)c(N)c12. The van der Waals surface area contributed by atoms with Crippen molar-refractivity contribution >= 4 is 67.9 Å². The van der Waals surface area contributed by atoms with Crippen molar-refractivity contribution in [2.24, 2.45) is 7.05 Å². The topological polar surface area (TPSA) is 168 Å². The standard InChI is InChI=1S/C18H11Cl2N7O3S/c1-27-13(18(29)30-26-27)10-7(5-21)15(23)25-17-11(10)12(22)14(31-17)16(28)24-9-3-2-6(19)4-8(9)20/h2-4H,1H3,(H5-,22,23,24,25,26,28,29)/p+1. The number of amides is 1. The number of H-pyrrole nitrogens is 1. The summed E-state index contributed by atoms with van der Waals surface area (Å²) in [5.41, 5.74) is 11.9. The van der Waals surface area contributed by atoms with Crippen molar-refractivity contribution in [1.29, 1.82) is 5.26 Å². The van der Waals surface area contributed by atoms with Gasteiger partial charge in [-0.05, 0) is 23.5 Å². The Bertz CT molecular complexity index is 1480. The van der Waals surface area contributed by atoms with E-state index >= 15 is 0 Å². The minimum absolute atomic E-state index is 0.00727. The Morgan fingerprint density at radius 3 is 2.74 bits per heavy atom. The van der Waals surface area contributed by atoms with Gasteiger partial charge in [0.15, 0.2) is 7.05 Å². The summed E-state index contributed by atoms with van der Waals surface area (Å²) < 4.78 is 6.08. The van der Waals surface area contributed by atoms with Gasteiger partial charge in [0.2, 0.25) is 0 Å². The molecule has 0 aliphatic carbocycles. The maximum absolute atomic E-state index is 12.9. The summed E-state index contributed by atoms with van der Waals surface area (Å²) in [6, 6.07) is 6.54. The fraction of sp³-hybridized carbons (Fsp3) is 0.0556. The largest absolute Gasteiger partial charge is 0.435 e. The number of hydrogen-bond donors (Lipinski definition) is 4. The van der Waals surface area contributed by atoms with Crippen molar-refractivity contribution in [3.63, 3.8) is 0 Å². The van der Waals surface area contributed by atoms with Crippen LogP contribution in [0.3, 0.4) is 0 Å². The number of hydrogen-bond acceptors (Lipinski definition) is 8. The number of nitrogens with one attached hydrogen (secondary N) is 2. The predicted octanol–water partition coefficient (Wildman–Crippen LogP) is 2.66. The molecule has 0 saturated carbocycles. The third-order valence-corrected chi connectivity index (χ3v) is 6.09. The highest BCUT2D eigenvalue weighted by molar-refractivity contribution is 7.21. The molecule has 0 radical (unpaired) electrons. The normalized spacial score (nSPS) is 10.9. The number of halogens is 2. The molecule has 0 aliphatic heterocycles. The molecule has 31 heavy (non-hydrogen) atoms. The van der Waals surface area contributed by atoms with Crippen molar-refractivity contribution in [2.45, 2.75) is 0 Å². The van der Waals surface area contributed by atoms with E-state index in [1.54, 1.807) is 12.1 Å². The molecule has 6 N–H and O–H groups in total. The van der Waals surface area contributed by atoms with Crippen LogP contribution in [0.15, 0.2) is 27.5 Å². The van der Waals surface area contributed by atoms with E-state index in [0.717, 1.165) is 11.3 Å². The number of carbonyl (C=O) groups is 1. The Hall–Kier alpha value is -3.59. The number of aryl methyl sites for hydroxylation is 1. The van der Waals surface area contributed by atoms with Gasteiger partial charge in [-0.1, -0.05) is 27.9 Å². The second-order valence-electron chi connectivity index (χ2n) is 6.35. The number of nitrogens with two attached hydrogens (primary N) is 2. The molecule has 156 valence electrons. The maximum atomic E-state index is 12.9. The summed E-state index contributed by atoms with van der Waals surface area (Å²) in [6.45, 7) is 0. The Morgan fingerprint density at radius 2 is 2.13 bits per heavy atom. The number of benzene rings is 1. The highest BCUT2D eigenvalue weighted by atomic mass is 35.5. The third kappa shape index (κ3) is 3.36. The number of nitrogen functional groups attached to an aromatic ring is 2. The van der Waals surface area contributed by atoms with Crippen molar-refractivity contribution < 1.29 is 14.0 Å². The van der Waals surface area contributed by atoms with Crippen LogP contribution in [0.1, 0.15) is 15.2 Å². The first kappa shape index (κ1) is 20.7. The van der Waals surface area contributed by atoms with E-state index in [4.69, 9.17) is 39.2 Å². The lowest BCUT2D eigenvalue weighted by atomic mass is 10.0. The van der Waals surface area contributed by atoms with Gasteiger partial charge in [-0.15, -0.1) is 11.3 Å². The highest BCUT2D eigenvalue weighted by Gasteiger charge is 2.32. The molecule has 1 amide bonds. The van der Waals surface area contributed by atoms with E-state index in [9.17, 15) is 14.9 Å². The second kappa shape index (κ2) is 7.59. The number of nitriles is 1. The van der Waals surface area contributed by atoms with Crippen LogP contribution in [0.5, 0.6) is 0 Å². The molecule has 0 saturated heterocycles. The van der Waals surface area contributed by atoms with Gasteiger partial charge in [0, 0.05) is 5.02 Å². The summed E-state index contributed by atoms with van der Waals surface area (Å²) in [5, 5.41) is 15.6. The summed E-state index contributed by atoms with van der Waals surface area (Å²) in [6.07, 6.45) is 0. The van der Waals surface area contributed by atoms with Gasteiger partial charge in [0.05, 0.1) is 27.3 Å². The molecule has 0 atom stereocenters. The number of thiophene rings is 1. The molecule has 3 aromatic heterocycles. The zero-order valence-corrected chi connectivity index (χ0v) is 17.9. The molecule has 10 nitrogen and oxygen atoms in total. The van der Waals surface area contributed by atoms with Gasteiger partial charge < -0.3 is 16.8 Å². The number of aromatic amines is 1. The number of pyridine rings is 1. The molecule has 0 unspecified atom stereocenters. The van der Waals surface area contributed by atoms with Crippen LogP contribution in [0.25, 0.3) is 21.5 Å². The van der Waals surface area contributed by atoms with Crippen LogP contribution in [0, 0.1) is 11.3 Å². The lowest BCUT2D eigenvalue weighted by Crippen LogP contribution is -2.34. The van der Waals surface area contributed by atoms with Gasteiger partial charge in [-0.25, -0.2) is 9.78 Å². The Balaban J connectivity index is 1.93. The molecule has 0 fully saturated rings. The Labute approximate surface area is 187 Å². The molecule has 13 heteroatoms. The van der Waals surface area contributed by atoms with Gasteiger partial charge in [-0.3, -0.25) is 9.32 Å². The number of carbonyl (C=O) groups excluding carboxylic acids is 1. The van der Waals surface area contributed by atoms with Crippen LogP contribution in [-0.4, -0.2) is 16.2 Å². The predicted molar refractivity (Wildman–Crippen MR) is 117 cm³/mol. The molecule has 4 aromatic rings. The molecule has 4 rings (SSSR count). The molecular formula is C18H12Cl2N7O3S+. The van der Waals surface area contributed by atoms with Crippen LogP contribution in [0.2, 0.25) is 10.0 Å². The highest BCUT2D eigenvalue weighted by Crippen LogP contribution is 2.41. The van der Waals surface area contributed by atoms with Crippen LogP contribution >= 0.6 is 34.5 Å². The monoisotopic (exact) mass is 476 g/mol. The third-order valence-electron chi connectivity index (χ3n) is 4.44. The van der Waals surface area contributed by atoms with E-state index in [1.165, 1.54) is 17.8 Å². The number of nitrogens with zero attached hydrogens (tertiary/aromatic N) is 3. The van der Waals surface area contributed by atoms with E-state index in [1.807, 2.05) is 6.07 Å². The number of fused-ring (bicyclic) bond motifs is 1. The first-order chi connectivity index (χ1) is 14.7. The van der Waals surface area contributed by atoms with Gasteiger partial charge in [-0.2, -0.15) is 5.26 Å². The van der Waals surface area contributed by atoms with Crippen molar-refractivity contribution in [2.75, 3.05) is 16.8 Å². The van der Waals surface area contributed by atoms with Gasteiger partial charge in [0.1, 0.15) is 27.2 Å². The minimum atomic E-state index is -0.740. The van der Waals surface area contributed by atoms with Crippen LogP contribution in [-0.2, 0) is 7.05 Å². The molecule has 0 spiro atoms. The van der Waals surface area contributed by atoms with E-state index in [-0.39, 0.29) is 48.4 Å².